The second-order valence-corrected chi connectivity index (χ2v) is 6.22. The molecule has 106 valence electrons. The number of nitrogens with zero attached hydrogens (tertiary/aromatic N) is 3. The fourth-order valence-corrected chi connectivity index (χ4v) is 3.81. The Balaban J connectivity index is 1.78. The van der Waals surface area contributed by atoms with E-state index in [4.69, 9.17) is 4.98 Å². The molecule has 1 aliphatic heterocycles. The van der Waals surface area contributed by atoms with Crippen LogP contribution in [-0.4, -0.2) is 14.5 Å². The molecule has 3 heterocycles. The van der Waals surface area contributed by atoms with Gasteiger partial charge in [-0.15, -0.1) is 0 Å². The van der Waals surface area contributed by atoms with Crippen LogP contribution in [0.4, 0.5) is 5.69 Å². The monoisotopic (exact) mass is 296 g/mol. The first-order chi connectivity index (χ1) is 10.3. The molecular weight excluding hydrogens is 280 g/mol. The molecular formula is C16H16N4S. The van der Waals surface area contributed by atoms with E-state index < -0.39 is 0 Å². The number of pyridine rings is 1. The zero-order valence-electron chi connectivity index (χ0n) is 11.8. The predicted octanol–water partition coefficient (Wildman–Crippen LogP) is 3.33. The maximum atomic E-state index is 4.80. The van der Waals surface area contributed by atoms with Crippen LogP contribution in [0.15, 0.2) is 36.7 Å². The molecule has 1 N–H and O–H groups in total. The van der Waals surface area contributed by atoms with Crippen molar-refractivity contribution in [2.75, 3.05) is 5.32 Å². The van der Waals surface area contributed by atoms with Crippen molar-refractivity contribution < 1.29 is 0 Å². The highest BCUT2D eigenvalue weighted by Crippen LogP contribution is 2.38. The van der Waals surface area contributed by atoms with Crippen molar-refractivity contribution in [1.82, 2.24) is 14.5 Å². The van der Waals surface area contributed by atoms with E-state index in [1.54, 1.807) is 0 Å². The van der Waals surface area contributed by atoms with Crippen molar-refractivity contribution in [2.45, 2.75) is 18.1 Å². The van der Waals surface area contributed by atoms with Crippen LogP contribution in [0, 0.1) is 0 Å². The third kappa shape index (κ3) is 2.17. The van der Waals surface area contributed by atoms with Gasteiger partial charge in [-0.05, 0) is 6.07 Å². The number of thioether (sulfide) groups is 1. The average molecular weight is 296 g/mol. The second kappa shape index (κ2) is 5.07. The number of nitrogens with one attached hydrogen (secondary N) is 1. The summed E-state index contributed by atoms with van der Waals surface area (Å²) in [7, 11) is 2.02. The number of benzene rings is 1. The van der Waals surface area contributed by atoms with Gasteiger partial charge in [-0.25, -0.2) is 4.98 Å². The van der Waals surface area contributed by atoms with Gasteiger partial charge in [0.2, 0.25) is 0 Å². The molecule has 0 atom stereocenters. The van der Waals surface area contributed by atoms with Crippen LogP contribution in [0.1, 0.15) is 17.1 Å². The fraction of sp³-hybridized carbons (Fsp3) is 0.250. The van der Waals surface area contributed by atoms with Gasteiger partial charge in [0.05, 0.1) is 17.8 Å². The topological polar surface area (TPSA) is 42.7 Å². The lowest BCUT2D eigenvalue weighted by Gasteiger charge is -2.14. The van der Waals surface area contributed by atoms with Gasteiger partial charge in [0, 0.05) is 47.6 Å². The molecule has 21 heavy (non-hydrogen) atoms. The second-order valence-electron chi connectivity index (χ2n) is 5.23. The molecule has 1 aliphatic rings. The van der Waals surface area contributed by atoms with Gasteiger partial charge in [0.15, 0.2) is 0 Å². The Morgan fingerprint density at radius 1 is 1.29 bits per heavy atom. The van der Waals surface area contributed by atoms with Gasteiger partial charge in [0.25, 0.3) is 0 Å². The third-order valence-corrected chi connectivity index (χ3v) is 4.88. The van der Waals surface area contributed by atoms with E-state index in [1.807, 2.05) is 41.8 Å². The first-order valence-electron chi connectivity index (χ1n) is 7.01. The zero-order chi connectivity index (χ0) is 14.2. The largest absolute Gasteiger partial charge is 0.377 e. The number of fused-ring (bicyclic) bond motifs is 2. The number of anilines is 1. The minimum atomic E-state index is 0.731. The number of aryl methyl sites for hydroxylation is 1. The van der Waals surface area contributed by atoms with Crippen LogP contribution >= 0.6 is 11.8 Å². The normalized spacial score (nSPS) is 13.6. The molecule has 4 nitrogen and oxygen atoms in total. The third-order valence-electron chi connectivity index (χ3n) is 3.91. The van der Waals surface area contributed by atoms with Crippen LogP contribution < -0.4 is 5.32 Å². The van der Waals surface area contributed by atoms with Gasteiger partial charge in [-0.1, -0.05) is 18.2 Å². The van der Waals surface area contributed by atoms with Crippen molar-refractivity contribution >= 4 is 28.4 Å². The molecule has 2 aromatic heterocycles. The summed E-state index contributed by atoms with van der Waals surface area (Å²) in [5.74, 6) is 3.09. The summed E-state index contributed by atoms with van der Waals surface area (Å²) in [6.07, 6.45) is 3.81. The quantitative estimate of drug-likeness (QED) is 0.805. The maximum Gasteiger partial charge on any atom is 0.127 e. The molecule has 0 unspecified atom stereocenters. The number of para-hydroxylation sites is 1. The van der Waals surface area contributed by atoms with Gasteiger partial charge in [-0.3, -0.25) is 4.98 Å². The minimum absolute atomic E-state index is 0.731. The highest BCUT2D eigenvalue weighted by molar-refractivity contribution is 7.98. The Bertz CT molecular complexity index is 809. The summed E-state index contributed by atoms with van der Waals surface area (Å²) < 4.78 is 2.05. The first kappa shape index (κ1) is 12.7. The highest BCUT2D eigenvalue weighted by atomic mass is 32.2. The number of rotatable bonds is 3. The Labute approximate surface area is 127 Å². The summed E-state index contributed by atoms with van der Waals surface area (Å²) in [6, 6.07) is 8.35. The van der Waals surface area contributed by atoms with Gasteiger partial charge >= 0.3 is 0 Å². The van der Waals surface area contributed by atoms with Crippen molar-refractivity contribution in [1.29, 1.82) is 0 Å². The molecule has 4 rings (SSSR count). The Kier molecular flexibility index (Phi) is 3.07. The van der Waals surface area contributed by atoms with E-state index >= 15 is 0 Å². The summed E-state index contributed by atoms with van der Waals surface area (Å²) >= 11 is 1.93. The maximum absolute atomic E-state index is 4.80. The van der Waals surface area contributed by atoms with Crippen LogP contribution in [0.2, 0.25) is 0 Å². The number of hydrogen-bond donors (Lipinski definition) is 1. The van der Waals surface area contributed by atoms with Crippen LogP contribution in [0.3, 0.4) is 0 Å². The van der Waals surface area contributed by atoms with E-state index in [0.29, 0.717) is 0 Å². The minimum Gasteiger partial charge on any atom is -0.377 e. The highest BCUT2D eigenvalue weighted by Gasteiger charge is 2.19. The molecule has 0 radical (unpaired) electrons. The number of hydrogen-bond acceptors (Lipinski definition) is 4. The van der Waals surface area contributed by atoms with E-state index in [9.17, 15) is 0 Å². The zero-order valence-corrected chi connectivity index (χ0v) is 12.7. The lowest BCUT2D eigenvalue weighted by Crippen LogP contribution is -2.08. The van der Waals surface area contributed by atoms with Crippen LogP contribution in [-0.2, 0) is 25.1 Å². The van der Waals surface area contributed by atoms with E-state index in [1.165, 1.54) is 22.3 Å². The number of imidazole rings is 1. The van der Waals surface area contributed by atoms with Crippen LogP contribution in [0.5, 0.6) is 0 Å². The van der Waals surface area contributed by atoms with E-state index in [2.05, 4.69) is 28.5 Å². The molecule has 0 fully saturated rings. The molecule has 1 aromatic carbocycles. The molecule has 5 heteroatoms. The molecule has 3 aromatic rings. The van der Waals surface area contributed by atoms with Gasteiger partial charge in [-0.2, -0.15) is 11.8 Å². The predicted molar refractivity (Wildman–Crippen MR) is 87.3 cm³/mol. The van der Waals surface area contributed by atoms with Crippen molar-refractivity contribution in [3.63, 3.8) is 0 Å². The Morgan fingerprint density at radius 2 is 2.19 bits per heavy atom. The Morgan fingerprint density at radius 3 is 3.05 bits per heavy atom. The average Bonchev–Trinajstić information content (AvgIpc) is 3.12. The SMILES string of the molecule is Cn1ccnc1CNc1c2c(nc3ccccc13)CSC2. The van der Waals surface area contributed by atoms with Crippen molar-refractivity contribution in [3.05, 3.63) is 53.7 Å². The summed E-state index contributed by atoms with van der Waals surface area (Å²) in [6.45, 7) is 0.731. The number of aromatic nitrogens is 3. The van der Waals surface area contributed by atoms with Crippen LogP contribution in [0.25, 0.3) is 10.9 Å². The standard InChI is InChI=1S/C16H16N4S/c1-20-7-6-17-15(20)8-18-16-11-4-2-3-5-13(11)19-14-10-21-9-12(14)16/h2-7H,8-10H2,1H3,(H,18,19). The van der Waals surface area contributed by atoms with Crippen molar-refractivity contribution in [3.8, 4) is 0 Å². The molecule has 0 saturated carbocycles. The first-order valence-corrected chi connectivity index (χ1v) is 8.16. The smallest absolute Gasteiger partial charge is 0.127 e. The van der Waals surface area contributed by atoms with E-state index in [0.717, 1.165) is 29.4 Å². The lowest BCUT2D eigenvalue weighted by molar-refractivity contribution is 0.812. The molecule has 0 aliphatic carbocycles. The summed E-state index contributed by atoms with van der Waals surface area (Å²) in [4.78, 5) is 9.18. The Hall–Kier alpha value is -2.01. The van der Waals surface area contributed by atoms with E-state index in [-0.39, 0.29) is 0 Å². The summed E-state index contributed by atoms with van der Waals surface area (Å²) in [5, 5.41) is 4.80. The fourth-order valence-electron chi connectivity index (χ4n) is 2.76. The van der Waals surface area contributed by atoms with Gasteiger partial charge in [0.1, 0.15) is 5.82 Å². The van der Waals surface area contributed by atoms with Gasteiger partial charge < -0.3 is 9.88 Å². The van der Waals surface area contributed by atoms with Crippen molar-refractivity contribution in [2.24, 2.45) is 7.05 Å². The molecule has 0 spiro atoms. The molecule has 0 amide bonds. The summed E-state index contributed by atoms with van der Waals surface area (Å²) in [5.41, 5.74) is 4.87. The molecule has 0 bridgehead atoms. The molecule has 0 saturated heterocycles. The lowest BCUT2D eigenvalue weighted by atomic mass is 10.1.